The fourth-order valence-corrected chi connectivity index (χ4v) is 0.799. The van der Waals surface area contributed by atoms with Crippen LogP contribution in [0.1, 0.15) is 0 Å². The molecule has 72 valence electrons. The van der Waals surface area contributed by atoms with E-state index in [0.29, 0.717) is 0 Å². The maximum absolute atomic E-state index is 6.69. The van der Waals surface area contributed by atoms with Crippen LogP contribution in [0.3, 0.4) is 0 Å². The predicted molar refractivity (Wildman–Crippen MR) is 57.5 cm³/mol. The van der Waals surface area contributed by atoms with Crippen molar-refractivity contribution in [3.8, 4) is 0 Å². The quantitative estimate of drug-likeness (QED) is 0.481. The maximum Gasteiger partial charge on any atom is 2.00 e. The third-order valence-electron chi connectivity index (χ3n) is 1.44. The molecule has 4 heteroatoms. The molecule has 1 heterocycles. The first-order valence-electron chi connectivity index (χ1n) is 4.18. The zero-order valence-electron chi connectivity index (χ0n) is 8.35. The van der Waals surface area contributed by atoms with E-state index in [2.05, 4.69) is 16.6 Å². The topological polar surface area (TPSA) is 48.7 Å². The molecule has 0 saturated heterocycles. The smallest absolute Gasteiger partial charge is 0.586 e. The molecule has 2 N–H and O–H groups in total. The van der Waals surface area contributed by atoms with Gasteiger partial charge in [0.2, 0.25) is 0 Å². The van der Waals surface area contributed by atoms with Crippen molar-refractivity contribution >= 4 is 5.69 Å². The Labute approximate surface area is 102 Å². The van der Waals surface area contributed by atoms with Crippen molar-refractivity contribution in [1.29, 1.82) is 0 Å². The monoisotopic (exact) mass is 249 g/mol. The number of benzene rings is 1. The van der Waals surface area contributed by atoms with E-state index in [1.807, 2.05) is 42.5 Å². The van der Waals surface area contributed by atoms with Crippen LogP contribution < -0.4 is 5.43 Å². The Kier molecular flexibility index (Phi) is 8.54. The van der Waals surface area contributed by atoms with Crippen LogP contribution in [0.5, 0.6) is 0 Å². The minimum atomic E-state index is 0. The van der Waals surface area contributed by atoms with Gasteiger partial charge in [-0.15, -0.1) is 0 Å². The van der Waals surface area contributed by atoms with E-state index in [9.17, 15) is 0 Å². The van der Waals surface area contributed by atoms with E-state index in [4.69, 9.17) is 5.84 Å². The second-order valence-electron chi connectivity index (χ2n) is 2.45. The fraction of sp³-hybridized carbons (Fsp3) is 0. The molecule has 2 rings (SSSR count). The predicted octanol–water partition coefficient (Wildman–Crippen LogP) is 2.94. The SMILES string of the molecule is [NH-]Nc1ccccc1.[Zn+2].[c-]1ccccn1. The van der Waals surface area contributed by atoms with Crippen molar-refractivity contribution in [3.05, 3.63) is 66.8 Å². The molecule has 1 aromatic heterocycles. The maximum atomic E-state index is 6.69. The van der Waals surface area contributed by atoms with Gasteiger partial charge in [-0.1, -0.05) is 30.6 Å². The van der Waals surface area contributed by atoms with Crippen molar-refractivity contribution in [2.45, 2.75) is 0 Å². The van der Waals surface area contributed by atoms with E-state index in [0.717, 1.165) is 5.69 Å². The van der Waals surface area contributed by atoms with Crippen molar-refractivity contribution < 1.29 is 19.5 Å². The van der Waals surface area contributed by atoms with Crippen molar-refractivity contribution in [1.82, 2.24) is 4.98 Å². The summed E-state index contributed by atoms with van der Waals surface area (Å²) >= 11 is 0. The van der Waals surface area contributed by atoms with Crippen molar-refractivity contribution in [2.75, 3.05) is 5.43 Å². The van der Waals surface area contributed by atoms with Gasteiger partial charge in [-0.2, -0.15) is 18.2 Å². The minimum Gasteiger partial charge on any atom is -0.586 e. The molecule has 0 aliphatic heterocycles. The second kappa shape index (κ2) is 9.31. The molecule has 1 aromatic carbocycles. The Bertz CT molecular complexity index is 299. The van der Waals surface area contributed by atoms with Crippen molar-refractivity contribution in [2.24, 2.45) is 0 Å². The summed E-state index contributed by atoms with van der Waals surface area (Å²) in [5.41, 5.74) is 3.10. The molecule has 0 aliphatic carbocycles. The normalized spacial score (nSPS) is 7.80. The molecule has 0 saturated carbocycles. The third kappa shape index (κ3) is 6.78. The van der Waals surface area contributed by atoms with Gasteiger partial charge in [0.15, 0.2) is 0 Å². The van der Waals surface area contributed by atoms with Crippen LogP contribution >= 0.6 is 0 Å². The number of anilines is 1. The Balaban J connectivity index is 0.000000253. The number of pyridine rings is 1. The number of nitrogens with one attached hydrogen (secondary N) is 2. The molecule has 0 spiro atoms. The van der Waals surface area contributed by atoms with Crippen LogP contribution in [0, 0.1) is 6.20 Å². The van der Waals surface area contributed by atoms with Crippen LogP contribution in [-0.4, -0.2) is 4.98 Å². The first-order chi connectivity index (χ1) is 6.93. The van der Waals surface area contributed by atoms with Gasteiger partial charge in [0.25, 0.3) is 0 Å². The molecular weight excluding hydrogens is 240 g/mol. The Morgan fingerprint density at radius 3 is 2.07 bits per heavy atom. The number of aromatic nitrogens is 1. The molecule has 0 aliphatic rings. The van der Waals surface area contributed by atoms with Crippen LogP contribution in [0.4, 0.5) is 5.69 Å². The number of nitrogens with zero attached hydrogens (tertiary/aromatic N) is 1. The van der Waals surface area contributed by atoms with Gasteiger partial charge in [-0.05, 0) is 12.1 Å². The van der Waals surface area contributed by atoms with Crippen LogP contribution in [0.15, 0.2) is 54.7 Å². The zero-order chi connectivity index (χ0) is 10.1. The number of hydrogen-bond acceptors (Lipinski definition) is 2. The molecule has 0 fully saturated rings. The van der Waals surface area contributed by atoms with E-state index >= 15 is 0 Å². The van der Waals surface area contributed by atoms with E-state index in [1.165, 1.54) is 0 Å². The first kappa shape index (κ1) is 13.8. The summed E-state index contributed by atoms with van der Waals surface area (Å²) in [6, 6.07) is 14.9. The summed E-state index contributed by atoms with van der Waals surface area (Å²) in [5.74, 6) is 6.69. The summed E-state index contributed by atoms with van der Waals surface area (Å²) < 4.78 is 0. The van der Waals surface area contributed by atoms with Gasteiger partial charge in [0.05, 0.1) is 0 Å². The van der Waals surface area contributed by atoms with Gasteiger partial charge in [-0.25, -0.2) is 0 Å². The fourth-order valence-electron chi connectivity index (χ4n) is 0.799. The third-order valence-corrected chi connectivity index (χ3v) is 1.44. The molecule has 0 bridgehead atoms. The molecule has 0 radical (unpaired) electrons. The summed E-state index contributed by atoms with van der Waals surface area (Å²) in [5, 5.41) is 0. The van der Waals surface area contributed by atoms with Crippen LogP contribution in [0.25, 0.3) is 5.84 Å². The Hall–Kier alpha value is -1.25. The zero-order valence-corrected chi connectivity index (χ0v) is 11.3. The average molecular weight is 251 g/mol. The van der Waals surface area contributed by atoms with E-state index in [1.54, 1.807) is 12.3 Å². The standard InChI is InChI=1S/C6H7N2.C5H4N.Zn/c7-8-6-4-2-1-3-5-6;1-2-4-6-5-3-1;/h1-5,7-8H;1-4H;/q2*-1;+2. The molecule has 0 atom stereocenters. The molecule has 15 heavy (non-hydrogen) atoms. The molecular formula is C11H11N3Zn. The summed E-state index contributed by atoms with van der Waals surface area (Å²) in [6.45, 7) is 0. The first-order valence-corrected chi connectivity index (χ1v) is 4.18. The van der Waals surface area contributed by atoms with E-state index in [-0.39, 0.29) is 19.5 Å². The second-order valence-corrected chi connectivity index (χ2v) is 2.45. The molecule has 0 unspecified atom stereocenters. The molecule has 2 aromatic rings. The minimum absolute atomic E-state index is 0. The van der Waals surface area contributed by atoms with Crippen LogP contribution in [0.2, 0.25) is 0 Å². The summed E-state index contributed by atoms with van der Waals surface area (Å²) in [7, 11) is 0. The molecule has 0 amide bonds. The van der Waals surface area contributed by atoms with Gasteiger partial charge >= 0.3 is 19.5 Å². The summed E-state index contributed by atoms with van der Waals surface area (Å²) in [4.78, 5) is 3.66. The Morgan fingerprint density at radius 1 is 1.07 bits per heavy atom. The average Bonchev–Trinajstić information content (AvgIpc) is 2.33. The van der Waals surface area contributed by atoms with Gasteiger partial charge in [0, 0.05) is 5.69 Å². The molecule has 3 nitrogen and oxygen atoms in total. The van der Waals surface area contributed by atoms with E-state index < -0.39 is 0 Å². The number of hydrogen-bond donors (Lipinski definition) is 1. The van der Waals surface area contributed by atoms with Gasteiger partial charge in [-0.3, -0.25) is 0 Å². The van der Waals surface area contributed by atoms with Crippen LogP contribution in [-0.2, 0) is 19.5 Å². The summed E-state index contributed by atoms with van der Waals surface area (Å²) in [6.07, 6.45) is 4.34. The largest absolute Gasteiger partial charge is 2.00 e. The number of para-hydroxylation sites is 1. The number of rotatable bonds is 1. The van der Waals surface area contributed by atoms with Gasteiger partial charge in [0.1, 0.15) is 0 Å². The van der Waals surface area contributed by atoms with Crippen molar-refractivity contribution in [3.63, 3.8) is 0 Å². The Morgan fingerprint density at radius 2 is 1.80 bits per heavy atom. The van der Waals surface area contributed by atoms with Gasteiger partial charge < -0.3 is 16.3 Å².